The van der Waals surface area contributed by atoms with Gasteiger partial charge in [0.15, 0.2) is 0 Å². The van der Waals surface area contributed by atoms with E-state index in [1.807, 2.05) is 6.08 Å². The summed E-state index contributed by atoms with van der Waals surface area (Å²) in [6.07, 6.45) is 6.41. The van der Waals surface area contributed by atoms with Gasteiger partial charge in [0.2, 0.25) is 0 Å². The molecular weight excluding hydrogens is 439 g/mol. The molecule has 0 bridgehead atoms. The van der Waals surface area contributed by atoms with Crippen molar-refractivity contribution in [2.75, 3.05) is 4.43 Å². The number of hydrogen-bond acceptors (Lipinski definition) is 0. The number of alkyl halides is 1. The van der Waals surface area contributed by atoms with Gasteiger partial charge in [-0.15, -0.1) is 0 Å². The summed E-state index contributed by atoms with van der Waals surface area (Å²) in [4.78, 5) is 0. The van der Waals surface area contributed by atoms with E-state index in [0.717, 1.165) is 4.43 Å². The fourth-order valence-electron chi connectivity index (χ4n) is 4.21. The van der Waals surface area contributed by atoms with Crippen molar-refractivity contribution in [1.29, 1.82) is 0 Å². The Morgan fingerprint density at radius 3 is 2.37 bits per heavy atom. The third kappa shape index (κ3) is 3.08. The Balaban J connectivity index is 1.89. The van der Waals surface area contributed by atoms with Crippen LogP contribution in [0.3, 0.4) is 0 Å². The van der Waals surface area contributed by atoms with Crippen LogP contribution in [-0.2, 0) is 5.41 Å². The fourth-order valence-corrected chi connectivity index (χ4v) is 4.65. The maximum atomic E-state index is 3.93. The van der Waals surface area contributed by atoms with Gasteiger partial charge in [0.1, 0.15) is 0 Å². The van der Waals surface area contributed by atoms with Gasteiger partial charge in [-0.25, -0.2) is 0 Å². The van der Waals surface area contributed by atoms with Gasteiger partial charge >= 0.3 is 0 Å². The SMILES string of the molecule is C=CC=C1/C(=C\CI)C(C)(C)c2cc(-c3ccc4ccccc4c3)ccc21. The van der Waals surface area contributed by atoms with Crippen LogP contribution in [-0.4, -0.2) is 4.43 Å². The van der Waals surface area contributed by atoms with Gasteiger partial charge in [-0.05, 0) is 56.3 Å². The van der Waals surface area contributed by atoms with E-state index in [4.69, 9.17) is 0 Å². The molecule has 0 atom stereocenters. The number of rotatable bonds is 3. The second kappa shape index (κ2) is 7.12. The predicted molar refractivity (Wildman–Crippen MR) is 128 cm³/mol. The summed E-state index contributed by atoms with van der Waals surface area (Å²) in [6.45, 7) is 8.59. The summed E-state index contributed by atoms with van der Waals surface area (Å²) in [6, 6.07) is 22.2. The summed E-state index contributed by atoms with van der Waals surface area (Å²) >= 11 is 2.43. The van der Waals surface area contributed by atoms with E-state index in [1.54, 1.807) is 0 Å². The van der Waals surface area contributed by atoms with Crippen molar-refractivity contribution < 1.29 is 0 Å². The number of fused-ring (bicyclic) bond motifs is 2. The quantitative estimate of drug-likeness (QED) is 0.276. The molecule has 0 amide bonds. The molecule has 0 heterocycles. The van der Waals surface area contributed by atoms with Crippen molar-refractivity contribution in [2.24, 2.45) is 0 Å². The third-order valence-corrected chi connectivity index (χ3v) is 6.04. The molecule has 0 aromatic heterocycles. The summed E-state index contributed by atoms with van der Waals surface area (Å²) in [7, 11) is 0. The zero-order valence-corrected chi connectivity index (χ0v) is 18.0. The number of benzene rings is 3. The molecule has 1 heteroatoms. The Morgan fingerprint density at radius 1 is 0.926 bits per heavy atom. The van der Waals surface area contributed by atoms with Crippen LogP contribution in [0.5, 0.6) is 0 Å². The first-order valence-corrected chi connectivity index (χ1v) is 10.8. The van der Waals surface area contributed by atoms with E-state index in [2.05, 4.69) is 116 Å². The fraction of sp³-hybridized carbons (Fsp3) is 0.154. The molecule has 0 fully saturated rings. The minimum atomic E-state index is 0.00219. The van der Waals surface area contributed by atoms with Gasteiger partial charge < -0.3 is 0 Å². The molecule has 0 saturated heterocycles. The van der Waals surface area contributed by atoms with Crippen molar-refractivity contribution in [3.8, 4) is 11.1 Å². The minimum Gasteiger partial charge on any atom is -0.0990 e. The molecule has 1 aliphatic rings. The van der Waals surface area contributed by atoms with Crippen LogP contribution in [0.1, 0.15) is 25.0 Å². The first-order chi connectivity index (χ1) is 13.1. The average Bonchev–Trinajstić information content (AvgIpc) is 2.89. The van der Waals surface area contributed by atoms with Crippen LogP contribution >= 0.6 is 22.6 Å². The van der Waals surface area contributed by atoms with E-state index >= 15 is 0 Å². The number of halogens is 1. The highest BCUT2D eigenvalue weighted by molar-refractivity contribution is 14.1. The topological polar surface area (TPSA) is 0 Å². The Bertz CT molecular complexity index is 1100. The average molecular weight is 462 g/mol. The lowest BCUT2D eigenvalue weighted by atomic mass is 9.81. The van der Waals surface area contributed by atoms with Gasteiger partial charge in [0.05, 0.1) is 0 Å². The van der Waals surface area contributed by atoms with Crippen LogP contribution < -0.4 is 0 Å². The van der Waals surface area contributed by atoms with E-state index in [9.17, 15) is 0 Å². The molecule has 134 valence electrons. The van der Waals surface area contributed by atoms with Crippen LogP contribution in [0.15, 0.2) is 91.0 Å². The highest BCUT2D eigenvalue weighted by Gasteiger charge is 2.37. The van der Waals surface area contributed by atoms with Crippen LogP contribution in [0.2, 0.25) is 0 Å². The Kier molecular flexibility index (Phi) is 4.81. The lowest BCUT2D eigenvalue weighted by Gasteiger charge is -2.22. The zero-order chi connectivity index (χ0) is 19.0. The number of hydrogen-bond donors (Lipinski definition) is 0. The Hall–Kier alpha value is -2.13. The predicted octanol–water partition coefficient (Wildman–Crippen LogP) is 7.73. The highest BCUT2D eigenvalue weighted by atomic mass is 127. The maximum Gasteiger partial charge on any atom is 0.0182 e. The zero-order valence-electron chi connectivity index (χ0n) is 15.8. The van der Waals surface area contributed by atoms with Gasteiger partial charge in [0.25, 0.3) is 0 Å². The maximum absolute atomic E-state index is 3.93. The molecular formula is C26H23I. The van der Waals surface area contributed by atoms with Crippen molar-refractivity contribution >= 4 is 38.9 Å². The lowest BCUT2D eigenvalue weighted by molar-refractivity contribution is 0.660. The standard InChI is InChI=1S/C26H23I/c1-4-7-22-23-13-12-21(17-25(23)26(2,3)24(22)14-15-27)20-11-10-18-8-5-6-9-19(18)16-20/h4-14,16-17H,1,15H2,2-3H3/b22-7?,24-14+. The molecule has 4 rings (SSSR count). The van der Waals surface area contributed by atoms with Crippen molar-refractivity contribution in [3.05, 3.63) is 102 Å². The molecule has 0 nitrogen and oxygen atoms in total. The van der Waals surface area contributed by atoms with E-state index in [-0.39, 0.29) is 5.41 Å². The molecule has 27 heavy (non-hydrogen) atoms. The summed E-state index contributed by atoms with van der Waals surface area (Å²) in [5, 5.41) is 2.57. The molecule has 3 aromatic carbocycles. The molecule has 0 N–H and O–H groups in total. The highest BCUT2D eigenvalue weighted by Crippen LogP contribution is 2.50. The smallest absolute Gasteiger partial charge is 0.0182 e. The summed E-state index contributed by atoms with van der Waals surface area (Å²) < 4.78 is 1.01. The van der Waals surface area contributed by atoms with Gasteiger partial charge in [0, 0.05) is 9.84 Å². The number of allylic oxidation sites excluding steroid dienone is 5. The molecule has 0 radical (unpaired) electrons. The van der Waals surface area contributed by atoms with E-state index in [1.165, 1.54) is 44.2 Å². The molecule has 0 spiro atoms. The second-order valence-corrected chi connectivity index (χ2v) is 8.42. The first-order valence-electron chi connectivity index (χ1n) is 9.30. The van der Waals surface area contributed by atoms with Gasteiger partial charge in [-0.3, -0.25) is 0 Å². The monoisotopic (exact) mass is 462 g/mol. The normalized spacial score (nSPS) is 18.2. The Morgan fingerprint density at radius 2 is 1.63 bits per heavy atom. The third-order valence-electron chi connectivity index (χ3n) is 5.60. The first kappa shape index (κ1) is 18.2. The van der Waals surface area contributed by atoms with Crippen LogP contribution in [0.25, 0.3) is 27.5 Å². The summed E-state index contributed by atoms with van der Waals surface area (Å²) in [5.41, 5.74) is 8.00. The van der Waals surface area contributed by atoms with E-state index in [0.29, 0.717) is 0 Å². The van der Waals surface area contributed by atoms with Crippen LogP contribution in [0.4, 0.5) is 0 Å². The molecule has 0 aliphatic heterocycles. The summed E-state index contributed by atoms with van der Waals surface area (Å²) in [5.74, 6) is 0. The van der Waals surface area contributed by atoms with Crippen LogP contribution in [0, 0.1) is 0 Å². The lowest BCUT2D eigenvalue weighted by Crippen LogP contribution is -2.15. The Labute approximate surface area is 175 Å². The van der Waals surface area contributed by atoms with E-state index < -0.39 is 0 Å². The van der Waals surface area contributed by atoms with Gasteiger partial charge in [-0.2, -0.15) is 0 Å². The van der Waals surface area contributed by atoms with Gasteiger partial charge in [-0.1, -0.05) is 110 Å². The van der Waals surface area contributed by atoms with Crippen molar-refractivity contribution in [2.45, 2.75) is 19.3 Å². The minimum absolute atomic E-state index is 0.00219. The van der Waals surface area contributed by atoms with Crippen molar-refractivity contribution in [1.82, 2.24) is 0 Å². The molecule has 0 saturated carbocycles. The molecule has 1 aliphatic carbocycles. The largest absolute Gasteiger partial charge is 0.0990 e. The second-order valence-electron chi connectivity index (χ2n) is 7.54. The molecule has 3 aromatic rings. The van der Waals surface area contributed by atoms with Crippen molar-refractivity contribution in [3.63, 3.8) is 0 Å². The molecule has 0 unspecified atom stereocenters.